The lowest BCUT2D eigenvalue weighted by Crippen LogP contribution is -2.26. The van der Waals surface area contributed by atoms with Crippen LogP contribution in [0, 0.1) is 11.6 Å². The van der Waals surface area contributed by atoms with Gasteiger partial charge in [0.15, 0.2) is 17.5 Å². The maximum atomic E-state index is 13.2. The zero-order valence-corrected chi connectivity index (χ0v) is 11.2. The number of hydrogen-bond acceptors (Lipinski definition) is 5. The summed E-state index contributed by atoms with van der Waals surface area (Å²) in [4.78, 5) is 0. The number of rotatable bonds is 5. The van der Waals surface area contributed by atoms with Crippen molar-refractivity contribution in [2.45, 2.75) is 13.5 Å². The van der Waals surface area contributed by atoms with E-state index in [1.165, 1.54) is 13.0 Å². The number of aromatic nitrogens is 4. The van der Waals surface area contributed by atoms with E-state index < -0.39 is 21.7 Å². The Hall–Kier alpha value is -1.94. The van der Waals surface area contributed by atoms with Gasteiger partial charge in [-0.25, -0.2) is 21.9 Å². The summed E-state index contributed by atoms with van der Waals surface area (Å²) in [5, 5.41) is 10.6. The molecule has 0 fully saturated rings. The molecule has 0 aliphatic heterocycles. The topological polar surface area (TPSA) is 89.8 Å². The van der Waals surface area contributed by atoms with Crippen LogP contribution >= 0.6 is 0 Å². The maximum Gasteiger partial charge on any atom is 0.211 e. The van der Waals surface area contributed by atoms with Gasteiger partial charge in [0.1, 0.15) is 0 Å². The standard InChI is InChI=1S/C10H11F2N5O2S/c1-2-20(18,19)13-6-10-14-15-16-17(10)7-3-4-8(11)9(12)5-7/h3-5,13H,2,6H2,1H3. The Morgan fingerprint density at radius 2 is 2.05 bits per heavy atom. The van der Waals surface area contributed by atoms with Gasteiger partial charge in [0.25, 0.3) is 0 Å². The van der Waals surface area contributed by atoms with Crippen molar-refractivity contribution in [2.24, 2.45) is 0 Å². The quantitative estimate of drug-likeness (QED) is 0.862. The summed E-state index contributed by atoms with van der Waals surface area (Å²) in [6, 6.07) is 3.14. The second-order valence-electron chi connectivity index (χ2n) is 3.83. The fourth-order valence-corrected chi connectivity index (χ4v) is 1.96. The van der Waals surface area contributed by atoms with Gasteiger partial charge in [-0.05, 0) is 29.5 Å². The van der Waals surface area contributed by atoms with Gasteiger partial charge in [0.2, 0.25) is 10.0 Å². The molecule has 0 bridgehead atoms. The van der Waals surface area contributed by atoms with Gasteiger partial charge >= 0.3 is 0 Å². The fraction of sp³-hybridized carbons (Fsp3) is 0.300. The average molecular weight is 303 g/mol. The maximum absolute atomic E-state index is 13.2. The molecule has 1 aromatic carbocycles. The van der Waals surface area contributed by atoms with Crippen molar-refractivity contribution in [3.8, 4) is 5.69 Å². The highest BCUT2D eigenvalue weighted by molar-refractivity contribution is 7.89. The summed E-state index contributed by atoms with van der Waals surface area (Å²) in [6.07, 6.45) is 0. The molecular weight excluding hydrogens is 292 g/mol. The first-order valence-corrected chi connectivity index (χ1v) is 7.28. The summed E-state index contributed by atoms with van der Waals surface area (Å²) >= 11 is 0. The van der Waals surface area contributed by atoms with E-state index in [4.69, 9.17) is 0 Å². The highest BCUT2D eigenvalue weighted by atomic mass is 32.2. The van der Waals surface area contributed by atoms with Crippen LogP contribution < -0.4 is 4.72 Å². The highest BCUT2D eigenvalue weighted by Gasteiger charge is 2.13. The summed E-state index contributed by atoms with van der Waals surface area (Å²) in [5.74, 6) is -1.96. The fourth-order valence-electron chi connectivity index (χ4n) is 1.41. The summed E-state index contributed by atoms with van der Waals surface area (Å²) in [6.45, 7) is 1.34. The molecule has 2 aromatic rings. The Morgan fingerprint density at radius 1 is 1.30 bits per heavy atom. The molecule has 0 amide bonds. The molecule has 1 N–H and O–H groups in total. The number of benzene rings is 1. The van der Waals surface area contributed by atoms with Gasteiger partial charge < -0.3 is 0 Å². The van der Waals surface area contributed by atoms with E-state index in [0.717, 1.165) is 16.8 Å². The van der Waals surface area contributed by atoms with E-state index >= 15 is 0 Å². The zero-order valence-electron chi connectivity index (χ0n) is 10.4. The van der Waals surface area contributed by atoms with Crippen molar-refractivity contribution in [3.63, 3.8) is 0 Å². The van der Waals surface area contributed by atoms with E-state index in [9.17, 15) is 17.2 Å². The molecule has 1 aromatic heterocycles. The lowest BCUT2D eigenvalue weighted by molar-refractivity contribution is 0.507. The number of nitrogens with zero attached hydrogens (tertiary/aromatic N) is 4. The predicted molar refractivity (Wildman–Crippen MR) is 65.4 cm³/mol. The molecule has 0 unspecified atom stereocenters. The SMILES string of the molecule is CCS(=O)(=O)NCc1nnnn1-c1ccc(F)c(F)c1. The van der Waals surface area contributed by atoms with Gasteiger partial charge in [0.05, 0.1) is 18.0 Å². The molecule has 108 valence electrons. The Labute approximate surface area is 113 Å². The number of tetrazole rings is 1. The van der Waals surface area contributed by atoms with Gasteiger partial charge in [-0.3, -0.25) is 0 Å². The monoisotopic (exact) mass is 303 g/mol. The minimum atomic E-state index is -3.40. The third kappa shape index (κ3) is 3.14. The number of hydrogen-bond donors (Lipinski definition) is 1. The smallest absolute Gasteiger partial charge is 0.211 e. The van der Waals surface area contributed by atoms with E-state index in [0.29, 0.717) is 0 Å². The number of halogens is 2. The van der Waals surface area contributed by atoms with Crippen LogP contribution in [0.25, 0.3) is 5.69 Å². The Bertz CT molecular complexity index is 716. The Kier molecular flexibility index (Phi) is 4.04. The third-order valence-corrected chi connectivity index (χ3v) is 3.86. The van der Waals surface area contributed by atoms with Crippen LogP contribution in [-0.2, 0) is 16.6 Å². The molecular formula is C10H11F2N5O2S. The molecule has 0 aliphatic rings. The van der Waals surface area contributed by atoms with Crippen molar-refractivity contribution in [1.29, 1.82) is 0 Å². The lowest BCUT2D eigenvalue weighted by atomic mass is 10.3. The molecule has 2 rings (SSSR count). The summed E-state index contributed by atoms with van der Waals surface area (Å²) in [7, 11) is -3.40. The molecule has 0 saturated heterocycles. The summed E-state index contributed by atoms with van der Waals surface area (Å²) in [5.41, 5.74) is 0.194. The molecule has 10 heteroatoms. The van der Waals surface area contributed by atoms with Gasteiger partial charge in [-0.2, -0.15) is 4.68 Å². The van der Waals surface area contributed by atoms with Crippen LogP contribution in [0.5, 0.6) is 0 Å². The Morgan fingerprint density at radius 3 is 2.70 bits per heavy atom. The molecule has 0 radical (unpaired) electrons. The molecule has 0 saturated carbocycles. The van der Waals surface area contributed by atoms with Crippen LogP contribution in [-0.4, -0.2) is 34.4 Å². The summed E-state index contributed by atoms with van der Waals surface area (Å²) < 4.78 is 52.1. The van der Waals surface area contributed by atoms with E-state index in [2.05, 4.69) is 20.2 Å². The zero-order chi connectivity index (χ0) is 14.8. The average Bonchev–Trinajstić information content (AvgIpc) is 2.88. The molecule has 1 heterocycles. The van der Waals surface area contributed by atoms with Gasteiger partial charge in [-0.1, -0.05) is 0 Å². The first-order chi connectivity index (χ1) is 9.43. The van der Waals surface area contributed by atoms with Crippen molar-refractivity contribution in [1.82, 2.24) is 24.9 Å². The minimum absolute atomic E-state index is 0.0836. The van der Waals surface area contributed by atoms with Crippen LogP contribution in [0.4, 0.5) is 8.78 Å². The number of sulfonamides is 1. The van der Waals surface area contributed by atoms with Crippen molar-refractivity contribution in [2.75, 3.05) is 5.75 Å². The second kappa shape index (κ2) is 5.59. The van der Waals surface area contributed by atoms with Crippen LogP contribution in [0.3, 0.4) is 0 Å². The largest absolute Gasteiger partial charge is 0.212 e. The van der Waals surface area contributed by atoms with E-state index in [1.54, 1.807) is 0 Å². The first-order valence-electron chi connectivity index (χ1n) is 5.63. The van der Waals surface area contributed by atoms with E-state index in [1.807, 2.05) is 0 Å². The molecule has 0 aliphatic carbocycles. The van der Waals surface area contributed by atoms with Gasteiger partial charge in [-0.15, -0.1) is 5.10 Å². The van der Waals surface area contributed by atoms with Crippen molar-refractivity contribution in [3.05, 3.63) is 35.7 Å². The van der Waals surface area contributed by atoms with Crippen molar-refractivity contribution >= 4 is 10.0 Å². The predicted octanol–water partition coefficient (Wildman–Crippen LogP) is 0.380. The Balaban J connectivity index is 2.26. The van der Waals surface area contributed by atoms with E-state index in [-0.39, 0.29) is 23.8 Å². The highest BCUT2D eigenvalue weighted by Crippen LogP contribution is 2.13. The van der Waals surface area contributed by atoms with Crippen molar-refractivity contribution < 1.29 is 17.2 Å². The molecule has 0 atom stereocenters. The van der Waals surface area contributed by atoms with Crippen LogP contribution in [0.15, 0.2) is 18.2 Å². The lowest BCUT2D eigenvalue weighted by Gasteiger charge is -2.06. The van der Waals surface area contributed by atoms with Crippen LogP contribution in [0.2, 0.25) is 0 Å². The van der Waals surface area contributed by atoms with Gasteiger partial charge in [0, 0.05) is 6.07 Å². The molecule has 0 spiro atoms. The molecule has 7 nitrogen and oxygen atoms in total. The third-order valence-electron chi connectivity index (χ3n) is 2.51. The normalized spacial score (nSPS) is 11.8. The molecule has 20 heavy (non-hydrogen) atoms. The second-order valence-corrected chi connectivity index (χ2v) is 5.93. The minimum Gasteiger partial charge on any atom is -0.212 e. The van der Waals surface area contributed by atoms with Crippen LogP contribution in [0.1, 0.15) is 12.7 Å². The first kappa shape index (κ1) is 14.5. The number of nitrogens with one attached hydrogen (secondary N) is 1.